The number of aryl methyl sites for hydroxylation is 1. The van der Waals surface area contributed by atoms with Crippen molar-refractivity contribution in [3.8, 4) is 0 Å². The maximum Gasteiger partial charge on any atom is 0.254 e. The van der Waals surface area contributed by atoms with Crippen molar-refractivity contribution < 1.29 is 18.7 Å². The minimum absolute atomic E-state index is 0.221. The third-order valence-electron chi connectivity index (χ3n) is 6.35. The number of morpholine rings is 1. The van der Waals surface area contributed by atoms with Crippen molar-refractivity contribution in [1.29, 1.82) is 0 Å². The first-order valence-electron chi connectivity index (χ1n) is 11.0. The van der Waals surface area contributed by atoms with E-state index in [-0.39, 0.29) is 30.7 Å². The van der Waals surface area contributed by atoms with Gasteiger partial charge in [-0.2, -0.15) is 0 Å². The summed E-state index contributed by atoms with van der Waals surface area (Å²) in [7, 11) is 0. The van der Waals surface area contributed by atoms with E-state index in [0.29, 0.717) is 32.1 Å². The minimum Gasteiger partial charge on any atom is -0.361 e. The number of benzene rings is 2. The van der Waals surface area contributed by atoms with Crippen molar-refractivity contribution in [3.63, 3.8) is 0 Å². The monoisotopic (exact) mass is 451 g/mol. The molecule has 33 heavy (non-hydrogen) atoms. The molecule has 2 amide bonds. The van der Waals surface area contributed by atoms with Crippen LogP contribution in [-0.4, -0.2) is 58.5 Å². The fourth-order valence-corrected chi connectivity index (χ4v) is 4.72. The van der Waals surface area contributed by atoms with Gasteiger partial charge in [0.1, 0.15) is 11.6 Å². The molecule has 2 saturated heterocycles. The van der Waals surface area contributed by atoms with Crippen LogP contribution in [0.5, 0.6) is 0 Å². The van der Waals surface area contributed by atoms with Crippen LogP contribution >= 0.6 is 0 Å². The zero-order valence-corrected chi connectivity index (χ0v) is 18.4. The number of nitrogens with one attached hydrogen (secondary N) is 3. The number of aromatic amines is 1. The molecule has 2 aliphatic rings. The van der Waals surface area contributed by atoms with E-state index in [1.165, 1.54) is 12.1 Å². The Balaban J connectivity index is 1.32. The highest BCUT2D eigenvalue weighted by atomic mass is 19.1. The van der Waals surface area contributed by atoms with E-state index < -0.39 is 11.5 Å². The molecule has 3 aromatic rings. The Morgan fingerprint density at radius 1 is 1.30 bits per heavy atom. The number of carbonyl (C=O) groups excluding carboxylic acids is 2. The minimum atomic E-state index is -1.24. The van der Waals surface area contributed by atoms with Crippen molar-refractivity contribution >= 4 is 22.8 Å². The molecule has 2 aromatic carbocycles. The van der Waals surface area contributed by atoms with Gasteiger partial charge in [-0.15, -0.1) is 0 Å². The van der Waals surface area contributed by atoms with E-state index >= 15 is 0 Å². The van der Waals surface area contributed by atoms with Gasteiger partial charge in [-0.3, -0.25) is 14.5 Å². The summed E-state index contributed by atoms with van der Waals surface area (Å²) >= 11 is 0. The first kappa shape index (κ1) is 21.5. The van der Waals surface area contributed by atoms with Crippen LogP contribution in [0, 0.1) is 18.7 Å². The normalized spacial score (nSPS) is 23.2. The standard InChI is InChI=1S/C24H26FN5O3/c1-15-2-7-19-20(10-15)29-21(28-19)11-27-22(31)18-13-30(12-16-3-5-17(25)6-4-16)14-24(18)23(32)26-8-9-33-24/h2-7,10,18H,8-9,11-14H2,1H3,(H,26,32)(H,27,31)(H,28,29)/t18-,24-/m1/s1. The molecule has 9 heteroatoms. The molecule has 0 aliphatic carbocycles. The first-order chi connectivity index (χ1) is 15.9. The number of aromatic nitrogens is 2. The number of fused-ring (bicyclic) bond motifs is 1. The molecule has 0 radical (unpaired) electrons. The molecule has 8 nitrogen and oxygen atoms in total. The third-order valence-corrected chi connectivity index (χ3v) is 6.35. The molecular weight excluding hydrogens is 425 g/mol. The summed E-state index contributed by atoms with van der Waals surface area (Å²) < 4.78 is 19.2. The van der Waals surface area contributed by atoms with E-state index in [2.05, 4.69) is 20.6 Å². The molecule has 1 spiro atoms. The number of ether oxygens (including phenoxy) is 1. The van der Waals surface area contributed by atoms with Gasteiger partial charge in [-0.25, -0.2) is 9.37 Å². The number of hydrogen-bond donors (Lipinski definition) is 3. The van der Waals surface area contributed by atoms with Gasteiger partial charge in [0.25, 0.3) is 5.91 Å². The highest BCUT2D eigenvalue weighted by Crippen LogP contribution is 2.34. The molecule has 3 heterocycles. The summed E-state index contributed by atoms with van der Waals surface area (Å²) in [6.07, 6.45) is 0. The molecule has 1 aromatic heterocycles. The van der Waals surface area contributed by atoms with Gasteiger partial charge in [-0.05, 0) is 42.3 Å². The molecule has 0 bridgehead atoms. The second-order valence-corrected chi connectivity index (χ2v) is 8.76. The van der Waals surface area contributed by atoms with E-state index in [1.54, 1.807) is 12.1 Å². The number of hydrogen-bond acceptors (Lipinski definition) is 5. The Bertz CT molecular complexity index is 1190. The lowest BCUT2D eigenvalue weighted by atomic mass is 9.88. The summed E-state index contributed by atoms with van der Waals surface area (Å²) in [5.74, 6) is -0.859. The number of H-pyrrole nitrogens is 1. The Morgan fingerprint density at radius 3 is 2.91 bits per heavy atom. The second kappa shape index (κ2) is 8.57. The third kappa shape index (κ3) is 4.21. The van der Waals surface area contributed by atoms with Crippen LogP contribution in [0.2, 0.25) is 0 Å². The molecule has 0 saturated carbocycles. The summed E-state index contributed by atoms with van der Waals surface area (Å²) in [6.45, 7) is 4.14. The number of imidazole rings is 1. The van der Waals surface area contributed by atoms with Crippen molar-refractivity contribution in [2.45, 2.75) is 25.6 Å². The largest absolute Gasteiger partial charge is 0.361 e. The molecule has 172 valence electrons. The van der Waals surface area contributed by atoms with Crippen LogP contribution in [0.15, 0.2) is 42.5 Å². The Labute approximate surface area is 190 Å². The maximum absolute atomic E-state index is 13.3. The lowest BCUT2D eigenvalue weighted by Gasteiger charge is -2.36. The topological polar surface area (TPSA) is 99.3 Å². The summed E-state index contributed by atoms with van der Waals surface area (Å²) in [4.78, 5) is 35.9. The fourth-order valence-electron chi connectivity index (χ4n) is 4.72. The van der Waals surface area contributed by atoms with Gasteiger partial charge < -0.3 is 20.4 Å². The predicted octanol–water partition coefficient (Wildman–Crippen LogP) is 1.64. The van der Waals surface area contributed by atoms with Gasteiger partial charge in [0, 0.05) is 26.2 Å². The molecule has 0 unspecified atom stereocenters. The van der Waals surface area contributed by atoms with Gasteiger partial charge >= 0.3 is 0 Å². The van der Waals surface area contributed by atoms with E-state index in [4.69, 9.17) is 4.74 Å². The van der Waals surface area contributed by atoms with Crippen molar-refractivity contribution in [2.24, 2.45) is 5.92 Å². The zero-order valence-electron chi connectivity index (χ0n) is 18.4. The molecule has 5 rings (SSSR count). The number of nitrogens with zero attached hydrogens (tertiary/aromatic N) is 2. The van der Waals surface area contributed by atoms with Crippen LogP contribution < -0.4 is 10.6 Å². The number of amides is 2. The van der Waals surface area contributed by atoms with Gasteiger partial charge in [0.2, 0.25) is 5.91 Å². The smallest absolute Gasteiger partial charge is 0.254 e. The predicted molar refractivity (Wildman–Crippen MR) is 120 cm³/mol. The lowest BCUT2D eigenvalue weighted by Crippen LogP contribution is -2.61. The zero-order chi connectivity index (χ0) is 23.0. The fraction of sp³-hybridized carbons (Fsp3) is 0.375. The van der Waals surface area contributed by atoms with E-state index in [0.717, 1.165) is 22.2 Å². The van der Waals surface area contributed by atoms with Crippen LogP contribution in [0.3, 0.4) is 0 Å². The SMILES string of the molecule is Cc1ccc2nc(CNC(=O)[C@H]3CN(Cc4ccc(F)cc4)C[C@@]34OCCNC4=O)[nH]c2c1. The van der Waals surface area contributed by atoms with Crippen molar-refractivity contribution in [1.82, 2.24) is 25.5 Å². The van der Waals surface area contributed by atoms with Crippen molar-refractivity contribution in [2.75, 3.05) is 26.2 Å². The quantitative estimate of drug-likeness (QED) is 0.548. The Kier molecular flexibility index (Phi) is 5.59. The average Bonchev–Trinajstić information content (AvgIpc) is 3.37. The van der Waals surface area contributed by atoms with Crippen LogP contribution in [-0.2, 0) is 27.4 Å². The average molecular weight is 452 g/mol. The van der Waals surface area contributed by atoms with Crippen LogP contribution in [0.1, 0.15) is 17.0 Å². The highest BCUT2D eigenvalue weighted by molar-refractivity contribution is 5.94. The lowest BCUT2D eigenvalue weighted by molar-refractivity contribution is -0.163. The number of likely N-dealkylation sites (tertiary alicyclic amines) is 1. The highest BCUT2D eigenvalue weighted by Gasteiger charge is 2.57. The van der Waals surface area contributed by atoms with E-state index in [9.17, 15) is 14.0 Å². The molecule has 2 atom stereocenters. The molecular formula is C24H26FN5O3. The summed E-state index contributed by atoms with van der Waals surface area (Å²) in [6, 6.07) is 12.2. The summed E-state index contributed by atoms with van der Waals surface area (Å²) in [5.41, 5.74) is 2.53. The van der Waals surface area contributed by atoms with Crippen LogP contribution in [0.25, 0.3) is 11.0 Å². The number of rotatable bonds is 5. The molecule has 2 fully saturated rings. The van der Waals surface area contributed by atoms with Gasteiger partial charge in [-0.1, -0.05) is 18.2 Å². The van der Waals surface area contributed by atoms with Gasteiger partial charge in [0.05, 0.1) is 30.1 Å². The Morgan fingerprint density at radius 2 is 2.12 bits per heavy atom. The number of halogens is 1. The van der Waals surface area contributed by atoms with Crippen molar-refractivity contribution in [3.05, 3.63) is 65.2 Å². The molecule has 3 N–H and O–H groups in total. The number of carbonyl (C=O) groups is 2. The first-order valence-corrected chi connectivity index (χ1v) is 11.0. The van der Waals surface area contributed by atoms with Gasteiger partial charge in [0.15, 0.2) is 5.60 Å². The molecule has 2 aliphatic heterocycles. The van der Waals surface area contributed by atoms with E-state index in [1.807, 2.05) is 30.0 Å². The summed E-state index contributed by atoms with van der Waals surface area (Å²) in [5, 5.41) is 5.78. The van der Waals surface area contributed by atoms with Crippen LogP contribution in [0.4, 0.5) is 4.39 Å². The second-order valence-electron chi connectivity index (χ2n) is 8.76. The Hall–Kier alpha value is -3.30. The maximum atomic E-state index is 13.3.